The number of unbranched alkanes of at least 4 members (excludes halogenated alkanes) is 3. The summed E-state index contributed by atoms with van der Waals surface area (Å²) in [4.78, 5) is 36.1. The van der Waals surface area contributed by atoms with Gasteiger partial charge >= 0.3 is 6.09 Å². The summed E-state index contributed by atoms with van der Waals surface area (Å²) in [5, 5.41) is 0. The molecule has 0 N–H and O–H groups in total. The first-order valence-electron chi connectivity index (χ1n) is 7.77. The van der Waals surface area contributed by atoms with Crippen molar-refractivity contribution in [1.82, 2.24) is 4.90 Å². The van der Waals surface area contributed by atoms with Crippen molar-refractivity contribution in [2.45, 2.75) is 46.5 Å². The molecule has 0 aliphatic carbocycles. The van der Waals surface area contributed by atoms with Crippen molar-refractivity contribution in [3.63, 3.8) is 0 Å². The normalized spacial score (nSPS) is 10.0. The zero-order valence-corrected chi connectivity index (χ0v) is 14.4. The fraction of sp³-hybridized carbons (Fsp3) is 0.588. The lowest BCUT2D eigenvalue weighted by Crippen LogP contribution is -2.43. The Morgan fingerprint density at radius 2 is 1.43 bits per heavy atom. The van der Waals surface area contributed by atoms with Crippen LogP contribution in [-0.2, 0) is 19.1 Å². The Morgan fingerprint density at radius 1 is 0.870 bits per heavy atom. The average Bonchev–Trinajstić information content (AvgIpc) is 2.49. The quantitative estimate of drug-likeness (QED) is 0.455. The first-order chi connectivity index (χ1) is 10.8. The van der Waals surface area contributed by atoms with Gasteiger partial charge in [0.05, 0.1) is 6.61 Å². The highest BCUT2D eigenvalue weighted by Crippen LogP contribution is 2.07. The van der Waals surface area contributed by atoms with Gasteiger partial charge in [0.2, 0.25) is 0 Å². The smallest absolute Gasteiger partial charge is 0.424 e. The molecule has 0 aromatic heterocycles. The molecule has 0 saturated heterocycles. The van der Waals surface area contributed by atoms with Crippen LogP contribution in [0.5, 0.6) is 0 Å². The lowest BCUT2D eigenvalue weighted by Gasteiger charge is -2.18. The topological polar surface area (TPSA) is 72.9 Å². The molecule has 0 fully saturated rings. The molecule has 6 nitrogen and oxygen atoms in total. The SMILES string of the molecule is C=C(C)C(=O)N(C(=O)OCCOCCCCCC)C(=O)C(=C)C. The molecule has 0 aromatic rings. The molecule has 0 bridgehead atoms. The second kappa shape index (κ2) is 11.6. The van der Waals surface area contributed by atoms with E-state index in [9.17, 15) is 14.4 Å². The van der Waals surface area contributed by atoms with Gasteiger partial charge in [0.1, 0.15) is 6.61 Å². The summed E-state index contributed by atoms with van der Waals surface area (Å²) in [5.41, 5.74) is 0.118. The van der Waals surface area contributed by atoms with Gasteiger partial charge in [0.15, 0.2) is 0 Å². The van der Waals surface area contributed by atoms with E-state index in [2.05, 4.69) is 20.1 Å². The van der Waals surface area contributed by atoms with Crippen molar-refractivity contribution in [3.8, 4) is 0 Å². The molecule has 0 aliphatic heterocycles. The van der Waals surface area contributed by atoms with Gasteiger partial charge in [-0.2, -0.15) is 4.90 Å². The van der Waals surface area contributed by atoms with Crippen LogP contribution in [0.1, 0.15) is 46.5 Å². The van der Waals surface area contributed by atoms with E-state index in [-0.39, 0.29) is 24.4 Å². The molecule has 23 heavy (non-hydrogen) atoms. The van der Waals surface area contributed by atoms with Crippen LogP contribution in [0, 0.1) is 0 Å². The maximum absolute atomic E-state index is 11.9. The highest BCUT2D eigenvalue weighted by Gasteiger charge is 2.30. The van der Waals surface area contributed by atoms with Gasteiger partial charge in [-0.25, -0.2) is 4.79 Å². The van der Waals surface area contributed by atoms with E-state index in [1.54, 1.807) is 0 Å². The number of rotatable bonds is 10. The van der Waals surface area contributed by atoms with Crippen LogP contribution in [0.2, 0.25) is 0 Å². The Morgan fingerprint density at radius 3 is 1.91 bits per heavy atom. The van der Waals surface area contributed by atoms with Gasteiger partial charge in [0.25, 0.3) is 11.8 Å². The molecule has 0 atom stereocenters. The van der Waals surface area contributed by atoms with Gasteiger partial charge in [-0.1, -0.05) is 39.3 Å². The largest absolute Gasteiger partial charge is 0.446 e. The molecule has 0 heterocycles. The zero-order chi connectivity index (χ0) is 17.8. The third-order valence-electron chi connectivity index (χ3n) is 2.91. The Labute approximate surface area is 138 Å². The monoisotopic (exact) mass is 325 g/mol. The third-order valence-corrected chi connectivity index (χ3v) is 2.91. The average molecular weight is 325 g/mol. The van der Waals surface area contributed by atoms with Crippen molar-refractivity contribution in [2.75, 3.05) is 19.8 Å². The summed E-state index contributed by atoms with van der Waals surface area (Å²) in [6.07, 6.45) is 3.33. The lowest BCUT2D eigenvalue weighted by molar-refractivity contribution is -0.137. The molecular formula is C17H27NO5. The molecule has 0 rings (SSSR count). The second-order valence-corrected chi connectivity index (χ2v) is 5.29. The minimum atomic E-state index is -1.04. The van der Waals surface area contributed by atoms with Crippen molar-refractivity contribution >= 4 is 17.9 Å². The molecular weight excluding hydrogens is 298 g/mol. The minimum absolute atomic E-state index is 0.0317. The van der Waals surface area contributed by atoms with Crippen molar-refractivity contribution in [1.29, 1.82) is 0 Å². The molecule has 0 aromatic carbocycles. The number of ether oxygens (including phenoxy) is 2. The molecule has 0 radical (unpaired) electrons. The maximum atomic E-state index is 11.9. The predicted molar refractivity (Wildman–Crippen MR) is 87.8 cm³/mol. The Bertz CT molecular complexity index is 430. The summed E-state index contributed by atoms with van der Waals surface area (Å²) in [6.45, 7) is 12.6. The summed E-state index contributed by atoms with van der Waals surface area (Å²) in [7, 11) is 0. The summed E-state index contributed by atoms with van der Waals surface area (Å²) in [5.74, 6) is -1.60. The van der Waals surface area contributed by atoms with Gasteiger partial charge < -0.3 is 9.47 Å². The number of nitrogens with zero attached hydrogens (tertiary/aromatic N) is 1. The molecule has 130 valence electrons. The maximum Gasteiger partial charge on any atom is 0.424 e. The van der Waals surface area contributed by atoms with Crippen LogP contribution in [-0.4, -0.2) is 42.6 Å². The van der Waals surface area contributed by atoms with E-state index in [0.717, 1.165) is 19.3 Å². The van der Waals surface area contributed by atoms with Crippen LogP contribution in [0.15, 0.2) is 24.3 Å². The molecule has 0 saturated carbocycles. The standard InChI is InChI=1S/C17H27NO5/c1-6-7-8-9-10-22-11-12-23-17(21)18(15(19)13(2)3)16(20)14(4)5/h2,4,6-12H2,1,3,5H3. The lowest BCUT2D eigenvalue weighted by atomic mass is 10.2. The number of hydrogen-bond acceptors (Lipinski definition) is 5. The molecule has 6 heteroatoms. The van der Waals surface area contributed by atoms with Crippen molar-refractivity contribution in [2.24, 2.45) is 0 Å². The van der Waals surface area contributed by atoms with Crippen molar-refractivity contribution < 1.29 is 23.9 Å². The number of hydrogen-bond donors (Lipinski definition) is 0. The van der Waals surface area contributed by atoms with Crippen LogP contribution in [0.4, 0.5) is 4.79 Å². The van der Waals surface area contributed by atoms with E-state index in [1.165, 1.54) is 20.3 Å². The van der Waals surface area contributed by atoms with Crippen LogP contribution >= 0.6 is 0 Å². The Hall–Kier alpha value is -1.95. The number of amides is 3. The van der Waals surface area contributed by atoms with E-state index in [1.807, 2.05) is 0 Å². The number of carbonyl (C=O) groups excluding carboxylic acids is 3. The highest BCUT2D eigenvalue weighted by atomic mass is 16.6. The van der Waals surface area contributed by atoms with Gasteiger partial charge in [-0.15, -0.1) is 0 Å². The summed E-state index contributed by atoms with van der Waals surface area (Å²) < 4.78 is 10.2. The fourth-order valence-corrected chi connectivity index (χ4v) is 1.63. The Kier molecular flexibility index (Phi) is 10.6. The zero-order valence-electron chi connectivity index (χ0n) is 14.4. The molecule has 3 amide bonds. The second-order valence-electron chi connectivity index (χ2n) is 5.29. The highest BCUT2D eigenvalue weighted by molar-refractivity contribution is 6.18. The van der Waals surface area contributed by atoms with Gasteiger partial charge in [-0.3, -0.25) is 9.59 Å². The van der Waals surface area contributed by atoms with Crippen LogP contribution < -0.4 is 0 Å². The van der Waals surface area contributed by atoms with E-state index in [4.69, 9.17) is 9.47 Å². The van der Waals surface area contributed by atoms with Gasteiger partial charge in [-0.05, 0) is 20.3 Å². The van der Waals surface area contributed by atoms with Crippen molar-refractivity contribution in [3.05, 3.63) is 24.3 Å². The minimum Gasteiger partial charge on any atom is -0.446 e. The predicted octanol–water partition coefficient (Wildman–Crippen LogP) is 3.23. The first kappa shape index (κ1) is 21.0. The fourth-order valence-electron chi connectivity index (χ4n) is 1.63. The third kappa shape index (κ3) is 8.30. The van der Waals surface area contributed by atoms with E-state index in [0.29, 0.717) is 11.5 Å². The van der Waals surface area contributed by atoms with Crippen LogP contribution in [0.3, 0.4) is 0 Å². The summed E-state index contributed by atoms with van der Waals surface area (Å²) in [6, 6.07) is 0. The number of carbonyl (C=O) groups is 3. The number of imide groups is 3. The van der Waals surface area contributed by atoms with Crippen LogP contribution in [0.25, 0.3) is 0 Å². The van der Waals surface area contributed by atoms with E-state index >= 15 is 0 Å². The van der Waals surface area contributed by atoms with E-state index < -0.39 is 17.9 Å². The molecule has 0 unspecified atom stereocenters. The summed E-state index contributed by atoms with van der Waals surface area (Å²) >= 11 is 0. The molecule has 0 aliphatic rings. The first-order valence-corrected chi connectivity index (χ1v) is 7.77. The Balaban J connectivity index is 4.30. The molecule has 0 spiro atoms. The van der Waals surface area contributed by atoms with Gasteiger partial charge in [0, 0.05) is 17.8 Å².